The second-order valence-electron chi connectivity index (χ2n) is 6.17. The van der Waals surface area contributed by atoms with Gasteiger partial charge in [0, 0.05) is 18.8 Å². The van der Waals surface area contributed by atoms with Gasteiger partial charge in [0.2, 0.25) is 0 Å². The van der Waals surface area contributed by atoms with E-state index in [2.05, 4.69) is 69.7 Å². The highest BCUT2D eigenvalue weighted by molar-refractivity contribution is 5.37. The van der Waals surface area contributed by atoms with Gasteiger partial charge in [0.15, 0.2) is 0 Å². The van der Waals surface area contributed by atoms with Gasteiger partial charge in [0.25, 0.3) is 0 Å². The molecule has 0 saturated carbocycles. The summed E-state index contributed by atoms with van der Waals surface area (Å²) in [4.78, 5) is 4.97. The molecule has 2 heteroatoms. The Morgan fingerprint density at radius 3 is 2.39 bits per heavy atom. The van der Waals surface area contributed by atoms with Crippen molar-refractivity contribution in [3.05, 3.63) is 35.1 Å². The van der Waals surface area contributed by atoms with Gasteiger partial charge in [-0.25, -0.2) is 0 Å². The molecule has 0 spiro atoms. The molecule has 2 nitrogen and oxygen atoms in total. The van der Waals surface area contributed by atoms with E-state index in [1.54, 1.807) is 0 Å². The van der Waals surface area contributed by atoms with Crippen molar-refractivity contribution < 1.29 is 0 Å². The zero-order chi connectivity index (χ0) is 13.5. The summed E-state index contributed by atoms with van der Waals surface area (Å²) < 4.78 is 0. The number of hydrogen-bond donors (Lipinski definition) is 0. The number of hydrogen-bond acceptors (Lipinski definition) is 2. The highest BCUT2D eigenvalue weighted by atomic mass is 15.4. The third-order valence-electron chi connectivity index (χ3n) is 4.65. The average Bonchev–Trinajstić information content (AvgIpc) is 2.47. The molecule has 1 aliphatic carbocycles. The van der Waals surface area contributed by atoms with Gasteiger partial charge in [-0.3, -0.25) is 4.90 Å². The first-order valence-corrected chi connectivity index (χ1v) is 6.90. The molecule has 0 amide bonds. The molecule has 1 atom stereocenters. The van der Waals surface area contributed by atoms with E-state index in [9.17, 15) is 0 Å². The first kappa shape index (κ1) is 13.4. The van der Waals surface area contributed by atoms with Crippen LogP contribution in [-0.4, -0.2) is 35.6 Å². The molecule has 1 unspecified atom stereocenters. The highest BCUT2D eigenvalue weighted by Gasteiger charge is 2.38. The minimum absolute atomic E-state index is 0.110. The lowest BCUT2D eigenvalue weighted by molar-refractivity contribution is 0.0974. The summed E-state index contributed by atoms with van der Waals surface area (Å²) in [6.45, 7) is 13.6. The van der Waals surface area contributed by atoms with Gasteiger partial charge in [0.1, 0.15) is 0 Å². The summed E-state index contributed by atoms with van der Waals surface area (Å²) in [5, 5.41) is 0. The largest absolute Gasteiger partial charge is 0.352 e. The summed E-state index contributed by atoms with van der Waals surface area (Å²) in [7, 11) is 2.21. The first-order valence-electron chi connectivity index (χ1n) is 6.90. The molecule has 0 aromatic heterocycles. The Morgan fingerprint density at radius 1 is 1.17 bits per heavy atom. The summed E-state index contributed by atoms with van der Waals surface area (Å²) in [5.41, 5.74) is 4.36. The van der Waals surface area contributed by atoms with Crippen molar-refractivity contribution in [1.82, 2.24) is 9.80 Å². The van der Waals surface area contributed by atoms with Crippen LogP contribution in [0.2, 0.25) is 0 Å². The summed E-state index contributed by atoms with van der Waals surface area (Å²) >= 11 is 0. The van der Waals surface area contributed by atoms with Crippen LogP contribution in [0.1, 0.15) is 34.6 Å². The lowest BCUT2D eigenvalue weighted by Crippen LogP contribution is -2.46. The van der Waals surface area contributed by atoms with Crippen LogP contribution in [0.3, 0.4) is 0 Å². The van der Waals surface area contributed by atoms with Crippen LogP contribution in [0.15, 0.2) is 35.1 Å². The van der Waals surface area contributed by atoms with Crippen LogP contribution in [0.5, 0.6) is 0 Å². The fourth-order valence-electron chi connectivity index (χ4n) is 2.87. The van der Waals surface area contributed by atoms with Crippen molar-refractivity contribution in [2.24, 2.45) is 5.92 Å². The lowest BCUT2D eigenvalue weighted by atomic mass is 9.99. The van der Waals surface area contributed by atoms with Crippen LogP contribution in [0, 0.1) is 5.92 Å². The standard InChI is InChI=1S/C16H26N2/c1-12-7-8-15(14(3)13(2)11-12)18-10-9-17(6)16(18,4)5/h7-8,11,13H,9-10H2,1-6H3. The second kappa shape index (κ2) is 4.58. The van der Waals surface area contributed by atoms with E-state index in [4.69, 9.17) is 0 Å². The number of likely N-dealkylation sites (N-methyl/N-ethyl adjacent to an activating group) is 1. The van der Waals surface area contributed by atoms with Gasteiger partial charge in [-0.1, -0.05) is 24.6 Å². The molecule has 1 heterocycles. The fraction of sp³-hybridized carbons (Fsp3) is 0.625. The Labute approximate surface area is 112 Å². The van der Waals surface area contributed by atoms with Crippen LogP contribution < -0.4 is 0 Å². The van der Waals surface area contributed by atoms with Gasteiger partial charge in [-0.15, -0.1) is 0 Å². The SMILES string of the molecule is CC1=CC(C)C(C)=C(N2CCN(C)C2(C)C)C=C1. The van der Waals surface area contributed by atoms with E-state index in [-0.39, 0.29) is 5.66 Å². The van der Waals surface area contributed by atoms with Crippen LogP contribution in [-0.2, 0) is 0 Å². The fourth-order valence-corrected chi connectivity index (χ4v) is 2.87. The van der Waals surface area contributed by atoms with Crippen molar-refractivity contribution in [3.8, 4) is 0 Å². The second-order valence-corrected chi connectivity index (χ2v) is 6.17. The highest BCUT2D eigenvalue weighted by Crippen LogP contribution is 2.33. The Hall–Kier alpha value is -1.02. The summed E-state index contributed by atoms with van der Waals surface area (Å²) in [5.74, 6) is 0.525. The molecule has 1 saturated heterocycles. The van der Waals surface area contributed by atoms with E-state index in [1.807, 2.05) is 0 Å². The first-order chi connectivity index (χ1) is 8.34. The minimum atomic E-state index is 0.110. The number of rotatable bonds is 1. The van der Waals surface area contributed by atoms with Crippen LogP contribution >= 0.6 is 0 Å². The molecule has 18 heavy (non-hydrogen) atoms. The summed E-state index contributed by atoms with van der Waals surface area (Å²) in [6.07, 6.45) is 6.90. The maximum absolute atomic E-state index is 2.54. The van der Waals surface area contributed by atoms with Crippen molar-refractivity contribution in [2.75, 3.05) is 20.1 Å². The molecule has 0 N–H and O–H groups in total. The zero-order valence-electron chi connectivity index (χ0n) is 12.6. The Bertz CT molecular complexity index is 426. The predicted molar refractivity (Wildman–Crippen MR) is 78.2 cm³/mol. The Morgan fingerprint density at radius 2 is 1.83 bits per heavy atom. The van der Waals surface area contributed by atoms with E-state index >= 15 is 0 Å². The monoisotopic (exact) mass is 246 g/mol. The average molecular weight is 246 g/mol. The third-order valence-corrected chi connectivity index (χ3v) is 4.65. The van der Waals surface area contributed by atoms with Crippen LogP contribution in [0.25, 0.3) is 0 Å². The van der Waals surface area contributed by atoms with Gasteiger partial charge in [0.05, 0.1) is 5.66 Å². The molecule has 2 aliphatic rings. The Balaban J connectivity index is 2.39. The zero-order valence-corrected chi connectivity index (χ0v) is 12.6. The molecule has 2 rings (SSSR count). The molecular formula is C16H26N2. The predicted octanol–water partition coefficient (Wildman–Crippen LogP) is 3.40. The van der Waals surface area contributed by atoms with Crippen molar-refractivity contribution in [1.29, 1.82) is 0 Å². The quantitative estimate of drug-likeness (QED) is 0.699. The van der Waals surface area contributed by atoms with Gasteiger partial charge in [-0.2, -0.15) is 0 Å². The van der Waals surface area contributed by atoms with Crippen LogP contribution in [0.4, 0.5) is 0 Å². The van der Waals surface area contributed by atoms with Gasteiger partial charge in [-0.05, 0) is 52.3 Å². The maximum Gasteiger partial charge on any atom is 0.0874 e. The van der Waals surface area contributed by atoms with E-state index < -0.39 is 0 Å². The lowest BCUT2D eigenvalue weighted by Gasteiger charge is -2.39. The summed E-state index contributed by atoms with van der Waals surface area (Å²) in [6, 6.07) is 0. The number of nitrogens with zero attached hydrogens (tertiary/aromatic N) is 2. The van der Waals surface area contributed by atoms with Crippen molar-refractivity contribution in [2.45, 2.75) is 40.3 Å². The smallest absolute Gasteiger partial charge is 0.0874 e. The van der Waals surface area contributed by atoms with E-state index in [0.717, 1.165) is 13.1 Å². The Kier molecular flexibility index (Phi) is 3.41. The molecular weight excluding hydrogens is 220 g/mol. The maximum atomic E-state index is 2.54. The van der Waals surface area contributed by atoms with E-state index in [1.165, 1.54) is 16.8 Å². The normalized spacial score (nSPS) is 28.7. The van der Waals surface area contributed by atoms with Crippen molar-refractivity contribution in [3.63, 3.8) is 0 Å². The molecule has 1 fully saturated rings. The molecule has 0 aromatic carbocycles. The van der Waals surface area contributed by atoms with Gasteiger partial charge >= 0.3 is 0 Å². The molecule has 0 aromatic rings. The van der Waals surface area contributed by atoms with E-state index in [0.29, 0.717) is 5.92 Å². The molecule has 0 bridgehead atoms. The topological polar surface area (TPSA) is 6.48 Å². The minimum Gasteiger partial charge on any atom is -0.352 e. The van der Waals surface area contributed by atoms with Crippen molar-refractivity contribution >= 4 is 0 Å². The third kappa shape index (κ3) is 2.14. The molecule has 100 valence electrons. The number of allylic oxidation sites excluding steroid dienone is 5. The van der Waals surface area contributed by atoms with Gasteiger partial charge < -0.3 is 4.90 Å². The molecule has 0 radical (unpaired) electrons. The molecule has 1 aliphatic heterocycles.